The standard InChI is InChI=1S/C26H36N6O3/c1-31-13-15-32(16-14-31)12-11-29-35-26(34)20-9-7-19(8-10-20)21-17-23(24(27)28-18-21)25(33)30-22-5-3-2-4-6-22/h7-10,17-18,22,29H,2-6,11-16H2,1H3,(H2,27,28)(H,30,33). The highest BCUT2D eigenvalue weighted by Gasteiger charge is 2.19. The molecule has 0 unspecified atom stereocenters. The Bertz CT molecular complexity index is 999. The molecule has 1 saturated heterocycles. The molecule has 0 radical (unpaired) electrons. The number of hydrogen-bond acceptors (Lipinski definition) is 8. The molecule has 9 nitrogen and oxygen atoms in total. The molecule has 9 heteroatoms. The summed E-state index contributed by atoms with van der Waals surface area (Å²) >= 11 is 0. The van der Waals surface area contributed by atoms with E-state index in [0.29, 0.717) is 17.7 Å². The van der Waals surface area contributed by atoms with Crippen molar-refractivity contribution in [2.24, 2.45) is 0 Å². The van der Waals surface area contributed by atoms with Crippen molar-refractivity contribution in [1.29, 1.82) is 0 Å². The number of pyridine rings is 1. The summed E-state index contributed by atoms with van der Waals surface area (Å²) in [7, 11) is 2.13. The fraction of sp³-hybridized carbons (Fsp3) is 0.500. The second-order valence-electron chi connectivity index (χ2n) is 9.47. The third-order valence-corrected chi connectivity index (χ3v) is 6.85. The number of carbonyl (C=O) groups is 2. The zero-order chi connectivity index (χ0) is 24.6. The number of aromatic nitrogens is 1. The first-order chi connectivity index (χ1) is 17.0. The van der Waals surface area contributed by atoms with E-state index in [4.69, 9.17) is 10.6 Å². The molecule has 1 aromatic heterocycles. The molecule has 2 fully saturated rings. The second-order valence-corrected chi connectivity index (χ2v) is 9.47. The van der Waals surface area contributed by atoms with Gasteiger partial charge in [-0.15, -0.1) is 0 Å². The van der Waals surface area contributed by atoms with Gasteiger partial charge in [0.1, 0.15) is 5.82 Å². The summed E-state index contributed by atoms with van der Waals surface area (Å²) in [5.41, 5.74) is 11.2. The van der Waals surface area contributed by atoms with Gasteiger partial charge in [-0.3, -0.25) is 9.69 Å². The van der Waals surface area contributed by atoms with Crippen molar-refractivity contribution in [2.45, 2.75) is 38.1 Å². The molecule has 4 rings (SSSR count). The Kier molecular flexibility index (Phi) is 8.68. The summed E-state index contributed by atoms with van der Waals surface area (Å²) in [6.07, 6.45) is 7.14. The molecule has 35 heavy (non-hydrogen) atoms. The molecule has 1 aliphatic heterocycles. The smallest absolute Gasteiger partial charge is 0.356 e. The first-order valence-corrected chi connectivity index (χ1v) is 12.5. The number of carbonyl (C=O) groups excluding carboxylic acids is 2. The number of rotatable bonds is 8. The normalized spacial score (nSPS) is 17.7. The van der Waals surface area contributed by atoms with E-state index in [1.807, 2.05) is 12.1 Å². The molecule has 2 aromatic rings. The van der Waals surface area contributed by atoms with Crippen LogP contribution in [-0.4, -0.2) is 79.0 Å². The molecule has 1 aliphatic carbocycles. The number of amides is 1. The number of nitrogens with one attached hydrogen (secondary N) is 2. The van der Waals surface area contributed by atoms with Gasteiger partial charge in [-0.05, 0) is 43.7 Å². The van der Waals surface area contributed by atoms with E-state index >= 15 is 0 Å². The molecule has 0 bridgehead atoms. The maximum absolute atomic E-state index is 12.8. The molecule has 4 N–H and O–H groups in total. The van der Waals surface area contributed by atoms with E-state index in [0.717, 1.165) is 69.5 Å². The predicted molar refractivity (Wildman–Crippen MR) is 136 cm³/mol. The number of benzene rings is 1. The summed E-state index contributed by atoms with van der Waals surface area (Å²) in [6, 6.07) is 9.00. The molecule has 188 valence electrons. The maximum Gasteiger partial charge on any atom is 0.356 e. The third kappa shape index (κ3) is 7.00. The van der Waals surface area contributed by atoms with Crippen LogP contribution < -0.4 is 16.5 Å². The molecule has 1 amide bonds. The lowest BCUT2D eigenvalue weighted by molar-refractivity contribution is 0.0224. The van der Waals surface area contributed by atoms with Crippen LogP contribution >= 0.6 is 0 Å². The molecule has 1 saturated carbocycles. The van der Waals surface area contributed by atoms with Crippen molar-refractivity contribution < 1.29 is 14.4 Å². The molecule has 1 aromatic carbocycles. The maximum atomic E-state index is 12.8. The molecular formula is C26H36N6O3. The Morgan fingerprint density at radius 1 is 1.06 bits per heavy atom. The lowest BCUT2D eigenvalue weighted by Crippen LogP contribution is -2.46. The van der Waals surface area contributed by atoms with Crippen LogP contribution in [0.4, 0.5) is 5.82 Å². The van der Waals surface area contributed by atoms with E-state index in [9.17, 15) is 9.59 Å². The van der Waals surface area contributed by atoms with Gasteiger partial charge in [-0.1, -0.05) is 31.4 Å². The first kappa shape index (κ1) is 25.1. The van der Waals surface area contributed by atoms with Crippen molar-refractivity contribution in [3.8, 4) is 11.1 Å². The molecule has 0 atom stereocenters. The summed E-state index contributed by atoms with van der Waals surface area (Å²) in [4.78, 5) is 39.3. The number of nitrogens with two attached hydrogens (primary N) is 1. The monoisotopic (exact) mass is 480 g/mol. The van der Waals surface area contributed by atoms with Crippen molar-refractivity contribution in [3.05, 3.63) is 47.7 Å². The fourth-order valence-corrected chi connectivity index (χ4v) is 4.57. The molecular weight excluding hydrogens is 444 g/mol. The van der Waals surface area contributed by atoms with Crippen LogP contribution in [0.5, 0.6) is 0 Å². The number of hydroxylamine groups is 1. The number of hydrogen-bond donors (Lipinski definition) is 3. The average molecular weight is 481 g/mol. The highest BCUT2D eigenvalue weighted by Crippen LogP contribution is 2.24. The van der Waals surface area contributed by atoms with Crippen LogP contribution in [0.25, 0.3) is 11.1 Å². The fourth-order valence-electron chi connectivity index (χ4n) is 4.57. The van der Waals surface area contributed by atoms with Gasteiger partial charge < -0.3 is 20.8 Å². The highest BCUT2D eigenvalue weighted by atomic mass is 16.7. The summed E-state index contributed by atoms with van der Waals surface area (Å²) in [5.74, 6) is -0.408. The van der Waals surface area contributed by atoms with Crippen LogP contribution in [0.1, 0.15) is 52.8 Å². The van der Waals surface area contributed by atoms with Gasteiger partial charge in [0.15, 0.2) is 0 Å². The van der Waals surface area contributed by atoms with Gasteiger partial charge in [-0.2, -0.15) is 5.48 Å². The number of likely N-dealkylation sites (N-methyl/N-ethyl adjacent to an activating group) is 1. The van der Waals surface area contributed by atoms with Crippen molar-refractivity contribution in [2.75, 3.05) is 52.0 Å². The van der Waals surface area contributed by atoms with E-state index in [-0.39, 0.29) is 17.8 Å². The van der Waals surface area contributed by atoms with E-state index in [1.165, 1.54) is 6.42 Å². The number of piperazine rings is 1. The molecule has 2 heterocycles. The van der Waals surface area contributed by atoms with Crippen molar-refractivity contribution in [3.63, 3.8) is 0 Å². The van der Waals surface area contributed by atoms with Crippen LogP contribution in [-0.2, 0) is 4.84 Å². The lowest BCUT2D eigenvalue weighted by atomic mass is 9.95. The number of anilines is 1. The first-order valence-electron chi connectivity index (χ1n) is 12.5. The van der Waals surface area contributed by atoms with E-state index < -0.39 is 5.97 Å². The summed E-state index contributed by atoms with van der Waals surface area (Å²) < 4.78 is 0. The van der Waals surface area contributed by atoms with Gasteiger partial charge in [0.05, 0.1) is 11.1 Å². The largest absolute Gasteiger partial charge is 0.383 e. The van der Waals surface area contributed by atoms with Crippen LogP contribution in [0.2, 0.25) is 0 Å². The predicted octanol–water partition coefficient (Wildman–Crippen LogP) is 2.30. The number of nitrogen functional groups attached to an aromatic ring is 1. The summed E-state index contributed by atoms with van der Waals surface area (Å²) in [5, 5.41) is 3.09. The Morgan fingerprint density at radius 3 is 2.49 bits per heavy atom. The highest BCUT2D eigenvalue weighted by molar-refractivity contribution is 5.99. The Labute approximate surface area is 207 Å². The minimum absolute atomic E-state index is 0.188. The SMILES string of the molecule is CN1CCN(CCNOC(=O)c2ccc(-c3cnc(N)c(C(=O)NC4CCCCC4)c3)cc2)CC1. The minimum atomic E-state index is -0.432. The number of nitrogens with zero attached hydrogens (tertiary/aromatic N) is 3. The topological polar surface area (TPSA) is 113 Å². The minimum Gasteiger partial charge on any atom is -0.383 e. The zero-order valence-corrected chi connectivity index (χ0v) is 20.5. The van der Waals surface area contributed by atoms with Crippen molar-refractivity contribution in [1.82, 2.24) is 25.6 Å². The third-order valence-electron chi connectivity index (χ3n) is 6.85. The zero-order valence-electron chi connectivity index (χ0n) is 20.5. The van der Waals surface area contributed by atoms with Gasteiger partial charge in [0.2, 0.25) is 0 Å². The molecule has 2 aliphatic rings. The van der Waals surface area contributed by atoms with Crippen LogP contribution in [0.3, 0.4) is 0 Å². The van der Waals surface area contributed by atoms with Gasteiger partial charge in [0, 0.05) is 57.1 Å². The van der Waals surface area contributed by atoms with E-state index in [1.54, 1.807) is 24.4 Å². The summed E-state index contributed by atoms with van der Waals surface area (Å²) in [6.45, 7) is 5.58. The Balaban J connectivity index is 1.30. The Morgan fingerprint density at radius 2 is 1.77 bits per heavy atom. The lowest BCUT2D eigenvalue weighted by Gasteiger charge is -2.32. The Hall–Kier alpha value is -3.01. The van der Waals surface area contributed by atoms with Crippen LogP contribution in [0, 0.1) is 0 Å². The van der Waals surface area contributed by atoms with Gasteiger partial charge >= 0.3 is 5.97 Å². The van der Waals surface area contributed by atoms with Crippen LogP contribution in [0.15, 0.2) is 36.5 Å². The second kappa shape index (κ2) is 12.1. The van der Waals surface area contributed by atoms with Crippen molar-refractivity contribution >= 4 is 17.7 Å². The average Bonchev–Trinajstić information content (AvgIpc) is 2.88. The molecule has 0 spiro atoms. The quantitative estimate of drug-likeness (QED) is 0.390. The van der Waals surface area contributed by atoms with Gasteiger partial charge in [-0.25, -0.2) is 9.78 Å². The van der Waals surface area contributed by atoms with E-state index in [2.05, 4.69) is 32.6 Å². The van der Waals surface area contributed by atoms with Gasteiger partial charge in [0.25, 0.3) is 5.91 Å².